The quantitative estimate of drug-likeness (QED) is 0.225. The van der Waals surface area contributed by atoms with Gasteiger partial charge in [-0.05, 0) is 35.9 Å². The summed E-state index contributed by atoms with van der Waals surface area (Å²) in [5, 5.41) is 0. The van der Waals surface area contributed by atoms with Gasteiger partial charge in [0, 0.05) is 11.1 Å². The SMILES string of the molecule is O=C(/C=C(\c1ccccc1)C(F)(S(=O)(=O)c1ccccc1)S(=O)(=O)c1ccccc1)c1ccccc1. The number of hydrogen-bond acceptors (Lipinski definition) is 5. The summed E-state index contributed by atoms with van der Waals surface area (Å²) in [6.45, 7) is 0. The molecule has 0 aromatic heterocycles. The van der Waals surface area contributed by atoms with Gasteiger partial charge in [0.15, 0.2) is 5.78 Å². The van der Waals surface area contributed by atoms with Gasteiger partial charge >= 0.3 is 4.33 Å². The molecule has 0 spiro atoms. The molecule has 0 saturated heterocycles. The van der Waals surface area contributed by atoms with E-state index in [1.165, 1.54) is 72.8 Å². The molecular weight excluding hydrogens is 499 g/mol. The first kappa shape index (κ1) is 25.2. The molecule has 0 heterocycles. The number of allylic oxidation sites excluding steroid dienone is 1. The summed E-state index contributed by atoms with van der Waals surface area (Å²) >= 11 is 0. The smallest absolute Gasteiger partial charge is 0.289 e. The van der Waals surface area contributed by atoms with E-state index in [9.17, 15) is 21.6 Å². The van der Waals surface area contributed by atoms with Crippen LogP contribution in [-0.2, 0) is 19.7 Å². The van der Waals surface area contributed by atoms with Gasteiger partial charge in [-0.25, -0.2) is 21.2 Å². The third kappa shape index (κ3) is 4.41. The normalized spacial score (nSPS) is 12.8. The van der Waals surface area contributed by atoms with E-state index in [1.54, 1.807) is 24.3 Å². The van der Waals surface area contributed by atoms with Gasteiger partial charge in [-0.15, -0.1) is 0 Å². The van der Waals surface area contributed by atoms with Gasteiger partial charge in [-0.1, -0.05) is 97.1 Å². The Morgan fingerprint density at radius 1 is 0.556 bits per heavy atom. The zero-order valence-corrected chi connectivity index (χ0v) is 20.5. The average Bonchev–Trinajstić information content (AvgIpc) is 2.93. The lowest BCUT2D eigenvalue weighted by atomic mass is 10.0. The number of alkyl halides is 1. The van der Waals surface area contributed by atoms with Crippen LogP contribution in [0.5, 0.6) is 0 Å². The first-order chi connectivity index (χ1) is 17.2. The summed E-state index contributed by atoms with van der Waals surface area (Å²) in [6, 6.07) is 28.1. The van der Waals surface area contributed by atoms with Crippen LogP contribution in [0.3, 0.4) is 0 Å². The highest BCUT2D eigenvalue weighted by Gasteiger charge is 2.60. The molecule has 4 rings (SSSR count). The molecule has 0 aliphatic rings. The molecule has 0 atom stereocenters. The summed E-state index contributed by atoms with van der Waals surface area (Å²) in [6.07, 6.45) is 0.756. The Morgan fingerprint density at radius 2 is 0.889 bits per heavy atom. The Hall–Kier alpha value is -3.88. The van der Waals surface area contributed by atoms with Crippen molar-refractivity contribution in [2.24, 2.45) is 0 Å². The van der Waals surface area contributed by atoms with E-state index >= 15 is 4.39 Å². The van der Waals surface area contributed by atoms with Crippen molar-refractivity contribution >= 4 is 31.0 Å². The molecule has 4 aromatic carbocycles. The molecule has 0 amide bonds. The molecule has 0 bridgehead atoms. The van der Waals surface area contributed by atoms with Crippen molar-refractivity contribution in [3.8, 4) is 0 Å². The minimum Gasteiger partial charge on any atom is -0.289 e. The monoisotopic (exact) mass is 520 g/mol. The van der Waals surface area contributed by atoms with Crippen LogP contribution in [0, 0.1) is 0 Å². The van der Waals surface area contributed by atoms with E-state index in [0.29, 0.717) is 0 Å². The molecule has 36 heavy (non-hydrogen) atoms. The van der Waals surface area contributed by atoms with Crippen LogP contribution in [0.2, 0.25) is 0 Å². The molecule has 0 radical (unpaired) electrons. The van der Waals surface area contributed by atoms with Gasteiger partial charge in [-0.3, -0.25) is 4.79 Å². The highest BCUT2D eigenvalue weighted by Crippen LogP contribution is 2.46. The molecule has 0 aliphatic carbocycles. The Labute approximate surface area is 209 Å². The van der Waals surface area contributed by atoms with Gasteiger partial charge < -0.3 is 0 Å². The molecule has 0 aliphatic heterocycles. The van der Waals surface area contributed by atoms with Crippen molar-refractivity contribution in [3.05, 3.63) is 139 Å². The van der Waals surface area contributed by atoms with E-state index in [4.69, 9.17) is 0 Å². The van der Waals surface area contributed by atoms with Gasteiger partial charge in [0.2, 0.25) is 19.7 Å². The third-order valence-corrected chi connectivity index (χ3v) is 10.5. The van der Waals surface area contributed by atoms with Crippen LogP contribution in [0.15, 0.2) is 137 Å². The van der Waals surface area contributed by atoms with Crippen LogP contribution >= 0.6 is 0 Å². The number of ketones is 1. The summed E-state index contributed by atoms with van der Waals surface area (Å²) in [4.78, 5) is 12.1. The van der Waals surface area contributed by atoms with Crippen molar-refractivity contribution < 1.29 is 26.0 Å². The number of hydrogen-bond donors (Lipinski definition) is 0. The van der Waals surface area contributed by atoms with Gasteiger partial charge in [0.1, 0.15) is 0 Å². The maximum absolute atomic E-state index is 17.5. The van der Waals surface area contributed by atoms with Gasteiger partial charge in [-0.2, -0.15) is 0 Å². The van der Waals surface area contributed by atoms with Crippen molar-refractivity contribution in [1.82, 2.24) is 0 Å². The maximum atomic E-state index is 17.5. The second-order valence-corrected chi connectivity index (χ2v) is 12.2. The molecule has 5 nitrogen and oxygen atoms in total. The fourth-order valence-electron chi connectivity index (χ4n) is 3.71. The predicted octanol–water partition coefficient (Wildman–Crippen LogP) is 5.52. The van der Waals surface area contributed by atoms with Gasteiger partial charge in [0.25, 0.3) is 0 Å². The van der Waals surface area contributed by atoms with Crippen LogP contribution in [0.4, 0.5) is 4.39 Å². The number of rotatable bonds is 8. The Balaban J connectivity index is 2.10. The van der Waals surface area contributed by atoms with Crippen LogP contribution in [0.1, 0.15) is 15.9 Å². The van der Waals surface area contributed by atoms with Crippen molar-refractivity contribution in [2.75, 3.05) is 0 Å². The minimum absolute atomic E-state index is 0.0664. The summed E-state index contributed by atoms with van der Waals surface area (Å²) in [7, 11) is -10.5. The van der Waals surface area contributed by atoms with Gasteiger partial charge in [0.05, 0.1) is 9.79 Å². The minimum atomic E-state index is -5.26. The van der Waals surface area contributed by atoms with E-state index < -0.39 is 45.2 Å². The largest absolute Gasteiger partial charge is 0.343 e. The highest BCUT2D eigenvalue weighted by molar-refractivity contribution is 8.10. The molecule has 0 N–H and O–H groups in total. The first-order valence-electron chi connectivity index (χ1n) is 10.8. The third-order valence-electron chi connectivity index (χ3n) is 5.54. The van der Waals surface area contributed by atoms with E-state index in [2.05, 4.69) is 0 Å². The summed E-state index contributed by atoms with van der Waals surface area (Å²) in [5.74, 6) is -0.747. The lowest BCUT2D eigenvalue weighted by Crippen LogP contribution is -2.43. The molecule has 8 heteroatoms. The second-order valence-electron chi connectivity index (χ2n) is 7.82. The number of halogens is 1. The number of benzene rings is 4. The molecule has 0 unspecified atom stereocenters. The lowest BCUT2D eigenvalue weighted by molar-refractivity contribution is 0.104. The van der Waals surface area contributed by atoms with Crippen molar-refractivity contribution in [1.29, 1.82) is 0 Å². The molecule has 4 aromatic rings. The topological polar surface area (TPSA) is 85.3 Å². The number of carbonyl (C=O) groups excluding carboxylic acids is 1. The van der Waals surface area contributed by atoms with Crippen molar-refractivity contribution in [2.45, 2.75) is 14.1 Å². The molecule has 182 valence electrons. The Bertz CT molecular complexity index is 1530. The van der Waals surface area contributed by atoms with Crippen LogP contribution in [-0.4, -0.2) is 27.0 Å². The number of carbonyl (C=O) groups is 1. The van der Waals surface area contributed by atoms with Crippen LogP contribution in [0.25, 0.3) is 5.57 Å². The van der Waals surface area contributed by atoms with E-state index in [1.807, 2.05) is 0 Å². The van der Waals surface area contributed by atoms with E-state index in [0.717, 1.165) is 30.3 Å². The lowest BCUT2D eigenvalue weighted by Gasteiger charge is -2.28. The molecule has 0 saturated carbocycles. The molecular formula is C28H21FO5S2. The zero-order valence-electron chi connectivity index (χ0n) is 18.9. The van der Waals surface area contributed by atoms with Crippen LogP contribution < -0.4 is 0 Å². The zero-order chi connectivity index (χ0) is 25.8. The summed E-state index contributed by atoms with van der Waals surface area (Å²) < 4.78 is 69.1. The average molecular weight is 521 g/mol. The first-order valence-corrected chi connectivity index (χ1v) is 13.8. The highest BCUT2D eigenvalue weighted by atomic mass is 32.3. The summed E-state index contributed by atoms with van der Waals surface area (Å²) in [5.41, 5.74) is -0.726. The Kier molecular flexibility index (Phi) is 7.01. The van der Waals surface area contributed by atoms with E-state index in [-0.39, 0.29) is 11.1 Å². The fraction of sp³-hybridized carbons (Fsp3) is 0.0357. The Morgan fingerprint density at radius 3 is 1.28 bits per heavy atom. The fourth-order valence-corrected chi connectivity index (χ4v) is 8.02. The second kappa shape index (κ2) is 10.0. The molecule has 0 fully saturated rings. The maximum Gasteiger partial charge on any atom is 0.343 e. The number of sulfone groups is 2. The predicted molar refractivity (Wildman–Crippen MR) is 136 cm³/mol. The van der Waals surface area contributed by atoms with Crippen molar-refractivity contribution in [3.63, 3.8) is 0 Å². The standard InChI is InChI=1S/C28H21FO5S2/c29-28(35(31,32)24-17-9-3-10-18-24,36(33,34)25-19-11-4-12-20-25)26(22-13-5-1-6-14-22)21-27(30)23-15-7-2-8-16-23/h1-21H/b26-21+.